The molecule has 3 N–H and O–H groups in total. The van der Waals surface area contributed by atoms with Crippen molar-refractivity contribution in [3.05, 3.63) is 0 Å². The lowest BCUT2D eigenvalue weighted by atomic mass is 10.1. The Kier molecular flexibility index (Phi) is 9.03. The van der Waals surface area contributed by atoms with Gasteiger partial charge in [-0.3, -0.25) is 9.69 Å². The zero-order valence-corrected chi connectivity index (χ0v) is 11.5. The van der Waals surface area contributed by atoms with Gasteiger partial charge >= 0.3 is 0 Å². The molecule has 1 amide bonds. The van der Waals surface area contributed by atoms with E-state index in [1.165, 1.54) is 0 Å². The highest BCUT2D eigenvalue weighted by molar-refractivity contribution is 5.81. The summed E-state index contributed by atoms with van der Waals surface area (Å²) < 4.78 is 4.93. The molecule has 5 nitrogen and oxygen atoms in total. The summed E-state index contributed by atoms with van der Waals surface area (Å²) in [6.45, 7) is 5.98. The predicted octanol–water partition coefficient (Wildman–Crippen LogP) is 0.197. The number of nitrogens with two attached hydrogens (primary N) is 1. The monoisotopic (exact) mass is 245 g/mol. The Morgan fingerprint density at radius 1 is 1.47 bits per heavy atom. The first-order valence-corrected chi connectivity index (χ1v) is 6.23. The van der Waals surface area contributed by atoms with E-state index in [2.05, 4.69) is 17.1 Å². The van der Waals surface area contributed by atoms with Gasteiger partial charge in [0.2, 0.25) is 5.91 Å². The molecule has 102 valence electrons. The summed E-state index contributed by atoms with van der Waals surface area (Å²) >= 11 is 0. The van der Waals surface area contributed by atoms with Gasteiger partial charge in [-0.2, -0.15) is 0 Å². The van der Waals surface area contributed by atoms with Gasteiger partial charge in [-0.1, -0.05) is 0 Å². The van der Waals surface area contributed by atoms with E-state index in [-0.39, 0.29) is 11.9 Å². The van der Waals surface area contributed by atoms with Crippen molar-refractivity contribution in [1.29, 1.82) is 0 Å². The molecule has 0 aromatic carbocycles. The summed E-state index contributed by atoms with van der Waals surface area (Å²) in [5.74, 6) is 0.0625. The van der Waals surface area contributed by atoms with Crippen LogP contribution in [0.2, 0.25) is 0 Å². The molecular formula is C12H27N3O2. The molecule has 17 heavy (non-hydrogen) atoms. The number of nitrogens with zero attached hydrogens (tertiary/aromatic N) is 1. The van der Waals surface area contributed by atoms with Crippen LogP contribution in [0.1, 0.15) is 26.7 Å². The molecule has 0 rings (SSSR count). The molecule has 0 aliphatic rings. The van der Waals surface area contributed by atoms with Crippen molar-refractivity contribution in [3.63, 3.8) is 0 Å². The molecule has 0 bridgehead atoms. The minimum absolute atomic E-state index is 0.0625. The van der Waals surface area contributed by atoms with Gasteiger partial charge in [0.25, 0.3) is 0 Å². The highest BCUT2D eigenvalue weighted by Gasteiger charge is 2.21. The third-order valence-corrected chi connectivity index (χ3v) is 3.09. The molecular weight excluding hydrogens is 218 g/mol. The van der Waals surface area contributed by atoms with E-state index in [1.54, 1.807) is 7.11 Å². The number of carbonyl (C=O) groups excluding carboxylic acids is 1. The quantitative estimate of drug-likeness (QED) is 0.569. The number of carbonyl (C=O) groups is 1. The third-order valence-electron chi connectivity index (χ3n) is 3.09. The van der Waals surface area contributed by atoms with Crippen LogP contribution in [0.15, 0.2) is 0 Å². The molecule has 0 aromatic heterocycles. The van der Waals surface area contributed by atoms with Crippen LogP contribution in [0.25, 0.3) is 0 Å². The van der Waals surface area contributed by atoms with Gasteiger partial charge in [-0.25, -0.2) is 0 Å². The van der Waals surface area contributed by atoms with Crippen LogP contribution in [0.3, 0.4) is 0 Å². The first-order valence-electron chi connectivity index (χ1n) is 6.23. The molecule has 5 heteroatoms. The number of rotatable bonds is 9. The van der Waals surface area contributed by atoms with Crippen LogP contribution < -0.4 is 11.1 Å². The molecule has 0 spiro atoms. The highest BCUT2D eigenvalue weighted by Crippen LogP contribution is 2.05. The number of methoxy groups -OCH3 is 1. The Bertz CT molecular complexity index is 212. The summed E-state index contributed by atoms with van der Waals surface area (Å²) in [7, 11) is 3.62. The molecule has 0 radical (unpaired) electrons. The van der Waals surface area contributed by atoms with Gasteiger partial charge in [0, 0.05) is 26.3 Å². The van der Waals surface area contributed by atoms with Crippen molar-refractivity contribution in [2.24, 2.45) is 5.73 Å². The SMILES string of the molecule is COCCCNC(=O)C(C)N(C)C(C)CCN. The average Bonchev–Trinajstić information content (AvgIpc) is 2.32. The molecule has 0 fully saturated rings. The minimum atomic E-state index is -0.126. The van der Waals surface area contributed by atoms with E-state index in [0.717, 1.165) is 12.8 Å². The van der Waals surface area contributed by atoms with E-state index < -0.39 is 0 Å². The largest absolute Gasteiger partial charge is 0.385 e. The molecule has 0 aromatic rings. The van der Waals surface area contributed by atoms with Crippen LogP contribution in [0, 0.1) is 0 Å². The predicted molar refractivity (Wildman–Crippen MR) is 69.9 cm³/mol. The van der Waals surface area contributed by atoms with Gasteiger partial charge in [-0.15, -0.1) is 0 Å². The standard InChI is InChI=1S/C12H27N3O2/c1-10(6-7-13)15(3)11(2)12(16)14-8-5-9-17-4/h10-11H,5-9,13H2,1-4H3,(H,14,16). The topological polar surface area (TPSA) is 67.6 Å². The molecule has 0 aliphatic carbocycles. The Morgan fingerprint density at radius 3 is 2.65 bits per heavy atom. The first kappa shape index (κ1) is 16.4. The van der Waals surface area contributed by atoms with Crippen LogP contribution in [-0.2, 0) is 9.53 Å². The highest BCUT2D eigenvalue weighted by atomic mass is 16.5. The number of ether oxygens (including phenoxy) is 1. The lowest BCUT2D eigenvalue weighted by Gasteiger charge is -2.29. The van der Waals surface area contributed by atoms with Crippen molar-refractivity contribution in [1.82, 2.24) is 10.2 Å². The summed E-state index contributed by atoms with van der Waals surface area (Å²) in [4.78, 5) is 13.9. The number of amides is 1. The smallest absolute Gasteiger partial charge is 0.237 e. The fraction of sp³-hybridized carbons (Fsp3) is 0.917. The van der Waals surface area contributed by atoms with E-state index in [9.17, 15) is 4.79 Å². The maximum atomic E-state index is 11.8. The fourth-order valence-corrected chi connectivity index (χ4v) is 1.59. The van der Waals surface area contributed by atoms with E-state index in [1.807, 2.05) is 14.0 Å². The molecule has 0 saturated carbocycles. The van der Waals surface area contributed by atoms with Crippen LogP contribution in [0.4, 0.5) is 0 Å². The second kappa shape index (κ2) is 9.39. The minimum Gasteiger partial charge on any atom is -0.385 e. The number of hydrogen-bond acceptors (Lipinski definition) is 4. The molecule has 0 aliphatic heterocycles. The van der Waals surface area contributed by atoms with Crippen molar-refractivity contribution in [2.75, 3.05) is 33.9 Å². The number of nitrogens with one attached hydrogen (secondary N) is 1. The van der Waals surface area contributed by atoms with Gasteiger partial charge in [0.15, 0.2) is 0 Å². The van der Waals surface area contributed by atoms with Gasteiger partial charge in [-0.05, 0) is 40.3 Å². The van der Waals surface area contributed by atoms with Crippen molar-refractivity contribution in [3.8, 4) is 0 Å². The van der Waals surface area contributed by atoms with E-state index in [0.29, 0.717) is 25.7 Å². The maximum Gasteiger partial charge on any atom is 0.237 e. The fourth-order valence-electron chi connectivity index (χ4n) is 1.59. The molecule has 2 atom stereocenters. The van der Waals surface area contributed by atoms with Crippen LogP contribution in [-0.4, -0.2) is 56.7 Å². The van der Waals surface area contributed by atoms with Crippen molar-refractivity contribution >= 4 is 5.91 Å². The third kappa shape index (κ3) is 6.61. The second-order valence-electron chi connectivity index (χ2n) is 4.41. The summed E-state index contributed by atoms with van der Waals surface area (Å²) in [5.41, 5.74) is 5.52. The maximum absolute atomic E-state index is 11.8. The van der Waals surface area contributed by atoms with Crippen molar-refractivity contribution in [2.45, 2.75) is 38.8 Å². The van der Waals surface area contributed by atoms with E-state index >= 15 is 0 Å². The molecule has 0 heterocycles. The molecule has 2 unspecified atom stereocenters. The Morgan fingerprint density at radius 2 is 2.12 bits per heavy atom. The van der Waals surface area contributed by atoms with E-state index in [4.69, 9.17) is 10.5 Å². The van der Waals surface area contributed by atoms with Crippen LogP contribution >= 0.6 is 0 Å². The lowest BCUT2D eigenvalue weighted by molar-refractivity contribution is -0.126. The lowest BCUT2D eigenvalue weighted by Crippen LogP contribution is -2.47. The zero-order valence-electron chi connectivity index (χ0n) is 11.5. The summed E-state index contributed by atoms with van der Waals surface area (Å²) in [6, 6.07) is 0.193. The zero-order chi connectivity index (χ0) is 13.3. The summed E-state index contributed by atoms with van der Waals surface area (Å²) in [5, 5.41) is 2.90. The van der Waals surface area contributed by atoms with Gasteiger partial charge < -0.3 is 15.8 Å². The van der Waals surface area contributed by atoms with Gasteiger partial charge in [0.1, 0.15) is 0 Å². The van der Waals surface area contributed by atoms with Gasteiger partial charge in [0.05, 0.1) is 6.04 Å². The Hall–Kier alpha value is -0.650. The number of hydrogen-bond donors (Lipinski definition) is 2. The summed E-state index contributed by atoms with van der Waals surface area (Å²) in [6.07, 6.45) is 1.74. The normalized spacial score (nSPS) is 14.7. The molecule has 0 saturated heterocycles. The average molecular weight is 245 g/mol. The Balaban J connectivity index is 3.93. The first-order chi connectivity index (χ1) is 8.04. The number of likely N-dealkylation sites (N-methyl/N-ethyl adjacent to an activating group) is 1. The Labute approximate surface area is 105 Å². The van der Waals surface area contributed by atoms with Crippen molar-refractivity contribution < 1.29 is 9.53 Å². The van der Waals surface area contributed by atoms with Crippen LogP contribution in [0.5, 0.6) is 0 Å². The second-order valence-corrected chi connectivity index (χ2v) is 4.41.